The summed E-state index contributed by atoms with van der Waals surface area (Å²) in [7, 11) is 4.84. The van der Waals surface area contributed by atoms with Crippen LogP contribution in [0.4, 0.5) is 5.69 Å². The van der Waals surface area contributed by atoms with Crippen LogP contribution >= 0.6 is 11.3 Å². The number of hydrogen-bond donors (Lipinski definition) is 1. The highest BCUT2D eigenvalue weighted by Gasteiger charge is 2.16. The molecule has 0 aliphatic heterocycles. The Bertz CT molecular complexity index is 995. The van der Waals surface area contributed by atoms with Crippen LogP contribution in [0.15, 0.2) is 36.4 Å². The van der Waals surface area contributed by atoms with Crippen LogP contribution in [-0.4, -0.2) is 42.9 Å². The predicted octanol–water partition coefficient (Wildman–Crippen LogP) is 3.57. The first-order valence-corrected chi connectivity index (χ1v) is 8.79. The normalized spacial score (nSPS) is 10.6. The number of ether oxygens (including phenoxy) is 1. The molecule has 0 spiro atoms. The van der Waals surface area contributed by atoms with Gasteiger partial charge in [0.15, 0.2) is 0 Å². The molecule has 1 heterocycles. The zero-order chi connectivity index (χ0) is 18.8. The Labute approximate surface area is 155 Å². The van der Waals surface area contributed by atoms with Crippen LogP contribution in [0.5, 0.6) is 5.75 Å². The zero-order valence-electron chi connectivity index (χ0n) is 15.0. The van der Waals surface area contributed by atoms with Crippen LogP contribution in [0.1, 0.15) is 25.7 Å². The summed E-state index contributed by atoms with van der Waals surface area (Å²) >= 11 is 1.55. The van der Waals surface area contributed by atoms with E-state index >= 15 is 0 Å². The van der Waals surface area contributed by atoms with Gasteiger partial charge in [0.1, 0.15) is 5.75 Å². The van der Waals surface area contributed by atoms with Gasteiger partial charge in [0, 0.05) is 25.3 Å². The molecule has 0 saturated carbocycles. The number of aryl methyl sites for hydroxylation is 1. The smallest absolute Gasteiger partial charge is 0.257 e. The second kappa shape index (κ2) is 7.13. The highest BCUT2D eigenvalue weighted by molar-refractivity contribution is 7.18. The van der Waals surface area contributed by atoms with Crippen LogP contribution in [0, 0.1) is 6.92 Å². The summed E-state index contributed by atoms with van der Waals surface area (Å²) < 4.78 is 6.21. The summed E-state index contributed by atoms with van der Waals surface area (Å²) in [5.74, 6) is 0.0223. The highest BCUT2D eigenvalue weighted by atomic mass is 32.1. The maximum Gasteiger partial charge on any atom is 0.257 e. The minimum absolute atomic E-state index is 0.195. The number of benzene rings is 2. The molecule has 0 aliphatic rings. The summed E-state index contributed by atoms with van der Waals surface area (Å²) in [5.41, 5.74) is 2.34. The summed E-state index contributed by atoms with van der Waals surface area (Å²) in [6, 6.07) is 10.4. The summed E-state index contributed by atoms with van der Waals surface area (Å²) in [6.07, 6.45) is 0. The first kappa shape index (κ1) is 17.9. The number of nitrogens with one attached hydrogen (secondary N) is 1. The quantitative estimate of drug-likeness (QED) is 0.763. The molecule has 0 saturated heterocycles. The lowest BCUT2D eigenvalue weighted by Gasteiger charge is -2.15. The number of anilines is 1. The Morgan fingerprint density at radius 2 is 1.92 bits per heavy atom. The number of fused-ring (bicyclic) bond motifs is 1. The molecule has 2 aromatic carbocycles. The number of hydrogen-bond acceptors (Lipinski definition) is 5. The molecule has 26 heavy (non-hydrogen) atoms. The van der Waals surface area contributed by atoms with Crippen molar-refractivity contribution >= 4 is 39.1 Å². The first-order valence-electron chi connectivity index (χ1n) is 7.97. The number of carbonyl (C=O) groups excluding carboxylic acids is 2. The topological polar surface area (TPSA) is 71.5 Å². The number of thiazole rings is 1. The van der Waals surface area contributed by atoms with E-state index in [2.05, 4.69) is 10.3 Å². The van der Waals surface area contributed by atoms with Crippen LogP contribution in [0.25, 0.3) is 10.2 Å². The molecule has 0 bridgehead atoms. The molecule has 1 N–H and O–H groups in total. The maximum atomic E-state index is 12.6. The van der Waals surface area contributed by atoms with Crippen molar-refractivity contribution in [1.82, 2.24) is 9.88 Å². The van der Waals surface area contributed by atoms with Crippen molar-refractivity contribution < 1.29 is 14.3 Å². The van der Waals surface area contributed by atoms with E-state index in [1.54, 1.807) is 49.7 Å². The van der Waals surface area contributed by atoms with Gasteiger partial charge in [-0.2, -0.15) is 0 Å². The van der Waals surface area contributed by atoms with E-state index in [1.165, 1.54) is 12.0 Å². The van der Waals surface area contributed by atoms with Crippen molar-refractivity contribution in [3.63, 3.8) is 0 Å². The van der Waals surface area contributed by atoms with E-state index in [4.69, 9.17) is 4.74 Å². The molecule has 0 radical (unpaired) electrons. The Morgan fingerprint density at radius 3 is 2.62 bits per heavy atom. The van der Waals surface area contributed by atoms with Crippen molar-refractivity contribution in [3.05, 3.63) is 52.5 Å². The van der Waals surface area contributed by atoms with Gasteiger partial charge in [0.05, 0.1) is 27.9 Å². The van der Waals surface area contributed by atoms with Crippen LogP contribution < -0.4 is 10.1 Å². The maximum absolute atomic E-state index is 12.6. The lowest BCUT2D eigenvalue weighted by Crippen LogP contribution is -2.22. The van der Waals surface area contributed by atoms with Crippen molar-refractivity contribution in [2.45, 2.75) is 6.92 Å². The number of nitrogens with zero attached hydrogens (tertiary/aromatic N) is 2. The lowest BCUT2D eigenvalue weighted by atomic mass is 10.1. The standard InChI is InChI=1S/C19H19N3O3S/c1-11-20-15-7-5-12(9-17(15)26-11)18(23)21-13-6-8-16(25-4)14(10-13)19(24)22(2)3/h5-10H,1-4H3,(H,21,23). The van der Waals surface area contributed by atoms with Gasteiger partial charge in [-0.15, -0.1) is 11.3 Å². The van der Waals surface area contributed by atoms with Gasteiger partial charge in [-0.3, -0.25) is 9.59 Å². The molecule has 3 rings (SSSR count). The number of amides is 2. The Morgan fingerprint density at radius 1 is 1.15 bits per heavy atom. The van der Waals surface area contributed by atoms with Gasteiger partial charge in [-0.25, -0.2) is 4.98 Å². The molecule has 0 fully saturated rings. The van der Waals surface area contributed by atoms with Gasteiger partial charge in [0.2, 0.25) is 0 Å². The lowest BCUT2D eigenvalue weighted by molar-refractivity contribution is 0.0824. The first-order chi connectivity index (χ1) is 12.4. The van der Waals surface area contributed by atoms with Gasteiger partial charge >= 0.3 is 0 Å². The largest absolute Gasteiger partial charge is 0.496 e. The fraction of sp³-hybridized carbons (Fsp3) is 0.211. The van der Waals surface area contributed by atoms with Crippen LogP contribution in [0.2, 0.25) is 0 Å². The summed E-state index contributed by atoms with van der Waals surface area (Å²) in [4.78, 5) is 30.7. The third-order valence-electron chi connectivity index (χ3n) is 3.85. The van der Waals surface area contributed by atoms with E-state index in [-0.39, 0.29) is 11.8 Å². The molecule has 1 aromatic heterocycles. The fourth-order valence-corrected chi connectivity index (χ4v) is 3.44. The predicted molar refractivity (Wildman–Crippen MR) is 103 cm³/mol. The third-order valence-corrected chi connectivity index (χ3v) is 4.79. The summed E-state index contributed by atoms with van der Waals surface area (Å²) in [5, 5.41) is 3.79. The van der Waals surface area contributed by atoms with Crippen molar-refractivity contribution in [3.8, 4) is 5.75 Å². The molecular formula is C19H19N3O3S. The monoisotopic (exact) mass is 369 g/mol. The van der Waals surface area contributed by atoms with Gasteiger partial charge < -0.3 is 15.0 Å². The highest BCUT2D eigenvalue weighted by Crippen LogP contribution is 2.25. The molecule has 6 nitrogen and oxygen atoms in total. The Kier molecular flexibility index (Phi) is 4.90. The van der Waals surface area contributed by atoms with Gasteiger partial charge in [-0.05, 0) is 43.3 Å². The number of carbonyl (C=O) groups is 2. The van der Waals surface area contributed by atoms with Crippen LogP contribution in [-0.2, 0) is 0 Å². The molecule has 3 aromatic rings. The summed E-state index contributed by atoms with van der Waals surface area (Å²) in [6.45, 7) is 1.94. The van der Waals surface area contributed by atoms with E-state index in [1.807, 2.05) is 19.1 Å². The minimum atomic E-state index is -0.244. The van der Waals surface area contributed by atoms with Crippen molar-refractivity contribution in [2.24, 2.45) is 0 Å². The SMILES string of the molecule is COc1ccc(NC(=O)c2ccc3nc(C)sc3c2)cc1C(=O)N(C)C. The second-order valence-corrected chi connectivity index (χ2v) is 7.22. The van der Waals surface area contributed by atoms with Gasteiger partial charge in [-0.1, -0.05) is 0 Å². The number of rotatable bonds is 4. The molecule has 0 atom stereocenters. The molecular weight excluding hydrogens is 350 g/mol. The third kappa shape index (κ3) is 3.52. The molecule has 0 aliphatic carbocycles. The second-order valence-electron chi connectivity index (χ2n) is 5.98. The number of methoxy groups -OCH3 is 1. The molecule has 134 valence electrons. The van der Waals surface area contributed by atoms with E-state index in [0.717, 1.165) is 15.2 Å². The van der Waals surface area contributed by atoms with Crippen molar-refractivity contribution in [2.75, 3.05) is 26.5 Å². The average molecular weight is 369 g/mol. The zero-order valence-corrected chi connectivity index (χ0v) is 15.8. The average Bonchev–Trinajstić information content (AvgIpc) is 2.99. The molecule has 0 unspecified atom stereocenters. The fourth-order valence-electron chi connectivity index (χ4n) is 2.58. The van der Waals surface area contributed by atoms with Gasteiger partial charge in [0.25, 0.3) is 11.8 Å². The minimum Gasteiger partial charge on any atom is -0.496 e. The van der Waals surface area contributed by atoms with Crippen molar-refractivity contribution in [1.29, 1.82) is 0 Å². The van der Waals surface area contributed by atoms with E-state index < -0.39 is 0 Å². The number of aromatic nitrogens is 1. The Balaban J connectivity index is 1.88. The van der Waals surface area contributed by atoms with Crippen LogP contribution in [0.3, 0.4) is 0 Å². The Hall–Kier alpha value is -2.93. The van der Waals surface area contributed by atoms with E-state index in [9.17, 15) is 9.59 Å². The van der Waals surface area contributed by atoms with E-state index in [0.29, 0.717) is 22.6 Å². The molecule has 7 heteroatoms. The molecule has 2 amide bonds.